The van der Waals surface area contributed by atoms with Crippen molar-refractivity contribution in [2.24, 2.45) is 0 Å². The van der Waals surface area contributed by atoms with Gasteiger partial charge in [0.05, 0.1) is 11.5 Å². The molecule has 1 aliphatic heterocycles. The molecule has 0 bridgehead atoms. The van der Waals surface area contributed by atoms with Gasteiger partial charge in [0.1, 0.15) is 11.9 Å². The lowest BCUT2D eigenvalue weighted by Gasteiger charge is -2.39. The van der Waals surface area contributed by atoms with Crippen LogP contribution in [-0.2, 0) is 18.3 Å². The number of amides is 1. The molecular weight excluding hydrogens is 510 g/mol. The van der Waals surface area contributed by atoms with Gasteiger partial charge in [-0.15, -0.1) is 0 Å². The van der Waals surface area contributed by atoms with Gasteiger partial charge in [0.25, 0.3) is 5.91 Å². The van der Waals surface area contributed by atoms with E-state index in [1.54, 1.807) is 14.1 Å². The number of nitriles is 1. The van der Waals surface area contributed by atoms with Crippen LogP contribution in [0.25, 0.3) is 5.70 Å². The second-order valence-corrected chi connectivity index (χ2v) is 11.1. The average molecular weight is 554 g/mol. The number of rotatable bonds is 10. The van der Waals surface area contributed by atoms with Crippen molar-refractivity contribution in [3.63, 3.8) is 0 Å². The molecule has 2 aromatic rings. The predicted octanol–water partition coefficient (Wildman–Crippen LogP) is 3.69. The molecule has 4 rings (SSSR count). The Morgan fingerprint density at radius 2 is 1.71 bits per heavy atom. The first-order chi connectivity index (χ1) is 19.7. The van der Waals surface area contributed by atoms with Crippen molar-refractivity contribution in [2.75, 3.05) is 34.2 Å². The van der Waals surface area contributed by atoms with E-state index in [4.69, 9.17) is 0 Å². The van der Waals surface area contributed by atoms with Crippen LogP contribution in [0.3, 0.4) is 0 Å². The van der Waals surface area contributed by atoms with Crippen LogP contribution < -0.4 is 21.3 Å². The molecular formula is C33H43N7O. The quantitative estimate of drug-likeness (QED) is 0.226. The molecule has 0 spiro atoms. The van der Waals surface area contributed by atoms with Gasteiger partial charge in [0.2, 0.25) is 0 Å². The van der Waals surface area contributed by atoms with Gasteiger partial charge in [-0.2, -0.15) is 5.26 Å². The van der Waals surface area contributed by atoms with Gasteiger partial charge in [-0.1, -0.05) is 31.4 Å². The van der Waals surface area contributed by atoms with Crippen molar-refractivity contribution >= 4 is 17.4 Å². The van der Waals surface area contributed by atoms with Gasteiger partial charge in [0, 0.05) is 57.2 Å². The van der Waals surface area contributed by atoms with E-state index in [0.717, 1.165) is 65.9 Å². The summed E-state index contributed by atoms with van der Waals surface area (Å²) >= 11 is 0. The first kappa shape index (κ1) is 29.9. The number of benzene rings is 2. The Morgan fingerprint density at radius 3 is 2.29 bits per heavy atom. The number of likely N-dealkylation sites (N-methyl/N-ethyl adjacent to an activating group) is 1. The Labute approximate surface area is 244 Å². The number of carbonyl (C=O) groups is 1. The van der Waals surface area contributed by atoms with Crippen molar-refractivity contribution in [2.45, 2.75) is 56.5 Å². The van der Waals surface area contributed by atoms with Crippen LogP contribution in [-0.4, -0.2) is 63.0 Å². The van der Waals surface area contributed by atoms with Gasteiger partial charge < -0.3 is 26.2 Å². The number of amidine groups is 1. The largest absolute Gasteiger partial charge is 0.388 e. The fourth-order valence-corrected chi connectivity index (χ4v) is 6.47. The fraction of sp³-hybridized carbons (Fsp3) is 0.424. The number of fused-ring (bicyclic) bond motifs is 2. The van der Waals surface area contributed by atoms with E-state index in [1.165, 1.54) is 5.56 Å². The van der Waals surface area contributed by atoms with E-state index in [9.17, 15) is 15.5 Å². The summed E-state index contributed by atoms with van der Waals surface area (Å²) in [6.07, 6.45) is 4.04. The summed E-state index contributed by atoms with van der Waals surface area (Å²) in [5.74, 6) is 0.286. The molecule has 0 aromatic heterocycles. The van der Waals surface area contributed by atoms with Crippen LogP contribution in [0, 0.1) is 16.7 Å². The van der Waals surface area contributed by atoms with Gasteiger partial charge >= 0.3 is 0 Å². The minimum Gasteiger partial charge on any atom is -0.388 e. The summed E-state index contributed by atoms with van der Waals surface area (Å²) in [4.78, 5) is 14.7. The molecule has 1 fully saturated rings. The van der Waals surface area contributed by atoms with Gasteiger partial charge in [-0.05, 0) is 85.0 Å². The number of likely N-dealkylation sites (tertiary alicyclic amines) is 1. The third kappa shape index (κ3) is 5.73. The summed E-state index contributed by atoms with van der Waals surface area (Å²) in [7, 11) is 5.32. The number of nitrogens with zero attached hydrogens (tertiary/aromatic N) is 2. The number of hydrogen-bond acceptors (Lipinski definition) is 6. The van der Waals surface area contributed by atoms with E-state index in [2.05, 4.69) is 70.5 Å². The van der Waals surface area contributed by atoms with E-state index < -0.39 is 5.41 Å². The highest BCUT2D eigenvalue weighted by Crippen LogP contribution is 2.44. The molecule has 1 heterocycles. The number of nitrogens with one attached hydrogen (secondary N) is 5. The zero-order valence-corrected chi connectivity index (χ0v) is 24.8. The van der Waals surface area contributed by atoms with Crippen molar-refractivity contribution in [3.8, 4) is 6.07 Å². The lowest BCUT2D eigenvalue weighted by molar-refractivity contribution is 0.0963. The minimum atomic E-state index is -0.771. The third-order valence-electron chi connectivity index (χ3n) is 8.68. The topological polar surface area (TPSA) is 116 Å². The Kier molecular flexibility index (Phi) is 9.19. The van der Waals surface area contributed by atoms with E-state index in [0.29, 0.717) is 24.4 Å². The number of aryl methyl sites for hydroxylation is 2. The molecule has 5 N–H and O–H groups in total. The SMILES string of the molecule is C=C(NC)c1ccc2c(c1)CCc1cc(C(=O)NC)ccc1C2(C[C@H](C)NCC(=C)N1CCCC1C#N)C(=N)NC. The smallest absolute Gasteiger partial charge is 0.251 e. The molecule has 1 amide bonds. The van der Waals surface area contributed by atoms with Crippen molar-refractivity contribution in [1.82, 2.24) is 26.2 Å². The Hall–Kier alpha value is -4.09. The van der Waals surface area contributed by atoms with Crippen LogP contribution in [0.2, 0.25) is 0 Å². The lowest BCUT2D eigenvalue weighted by atomic mass is 9.67. The molecule has 41 heavy (non-hydrogen) atoms. The summed E-state index contributed by atoms with van der Waals surface area (Å²) in [6.45, 7) is 12.0. The maximum atomic E-state index is 12.6. The van der Waals surface area contributed by atoms with Crippen LogP contribution in [0.1, 0.15) is 64.4 Å². The first-order valence-corrected chi connectivity index (χ1v) is 14.4. The molecule has 2 aromatic carbocycles. The predicted molar refractivity (Wildman–Crippen MR) is 166 cm³/mol. The summed E-state index contributed by atoms with van der Waals surface area (Å²) < 4.78 is 0. The maximum Gasteiger partial charge on any atom is 0.251 e. The molecule has 8 heteroatoms. The second kappa shape index (κ2) is 12.6. The van der Waals surface area contributed by atoms with Crippen LogP contribution >= 0.6 is 0 Å². The standard InChI is InChI=1S/C33H43N7O/c1-21(39-20-22(2)40-15-7-8-28(40)19-34)18-33(32(35)38-6)29-13-11-24(23(3)36-4)16-25(29)9-10-26-17-27(31(41)37-5)12-14-30(26)33/h11-14,16-17,21,28,36,39H,2-3,7-10,15,18,20H2,1,4-6H3,(H2,35,38)(H,37,41)/t21-,28?,33?/m0/s1. The maximum absolute atomic E-state index is 12.6. The van der Waals surface area contributed by atoms with Crippen LogP contribution in [0.4, 0.5) is 0 Å². The van der Waals surface area contributed by atoms with Gasteiger partial charge in [0.15, 0.2) is 0 Å². The fourth-order valence-electron chi connectivity index (χ4n) is 6.47. The highest BCUT2D eigenvalue weighted by atomic mass is 16.1. The van der Waals surface area contributed by atoms with Crippen molar-refractivity contribution in [3.05, 3.63) is 88.6 Å². The molecule has 1 saturated heterocycles. The van der Waals surface area contributed by atoms with Crippen LogP contribution in [0.5, 0.6) is 0 Å². The Morgan fingerprint density at radius 1 is 1.07 bits per heavy atom. The molecule has 8 nitrogen and oxygen atoms in total. The molecule has 1 aliphatic carbocycles. The zero-order chi connectivity index (χ0) is 29.7. The molecule has 0 radical (unpaired) electrons. The van der Waals surface area contributed by atoms with E-state index in [-0.39, 0.29) is 18.0 Å². The highest BCUT2D eigenvalue weighted by Gasteiger charge is 2.44. The summed E-state index contributed by atoms with van der Waals surface area (Å²) in [5, 5.41) is 31.7. The zero-order valence-electron chi connectivity index (χ0n) is 24.8. The second-order valence-electron chi connectivity index (χ2n) is 11.1. The molecule has 2 unspecified atom stereocenters. The average Bonchev–Trinajstić information content (AvgIpc) is 3.44. The molecule has 0 saturated carbocycles. The number of hydrogen-bond donors (Lipinski definition) is 5. The summed E-state index contributed by atoms with van der Waals surface area (Å²) in [5.41, 5.74) is 7.01. The monoisotopic (exact) mass is 553 g/mol. The van der Waals surface area contributed by atoms with Crippen molar-refractivity contribution in [1.29, 1.82) is 10.7 Å². The highest BCUT2D eigenvalue weighted by molar-refractivity contribution is 5.97. The Bertz CT molecular complexity index is 1320. The molecule has 216 valence electrons. The van der Waals surface area contributed by atoms with E-state index in [1.807, 2.05) is 25.2 Å². The van der Waals surface area contributed by atoms with Crippen molar-refractivity contribution < 1.29 is 4.79 Å². The lowest BCUT2D eigenvalue weighted by Crippen LogP contribution is -2.49. The minimum absolute atomic E-state index is 0.00737. The normalized spacial score (nSPS) is 20.1. The molecule has 2 aliphatic rings. The molecule has 3 atom stereocenters. The van der Waals surface area contributed by atoms with Gasteiger partial charge in [-0.25, -0.2) is 0 Å². The van der Waals surface area contributed by atoms with Crippen LogP contribution in [0.15, 0.2) is 55.3 Å². The van der Waals surface area contributed by atoms with Gasteiger partial charge in [-0.3, -0.25) is 10.2 Å². The first-order valence-electron chi connectivity index (χ1n) is 14.4. The summed E-state index contributed by atoms with van der Waals surface area (Å²) in [6, 6.07) is 14.6. The van der Waals surface area contributed by atoms with E-state index >= 15 is 0 Å². The Balaban J connectivity index is 1.78. The number of carbonyl (C=O) groups excluding carboxylic acids is 1. The third-order valence-corrected chi connectivity index (χ3v) is 8.68.